The molecule has 2 aromatic heterocycles. The van der Waals surface area contributed by atoms with Crippen LogP contribution in [0.15, 0.2) is 128 Å². The maximum atomic E-state index is 13.6. The monoisotopic (exact) mass is 780 g/mol. The number of ether oxygens (including phenoxy) is 4. The van der Waals surface area contributed by atoms with Crippen molar-refractivity contribution < 1.29 is 58.9 Å². The Balaban J connectivity index is 1.11. The zero-order valence-electron chi connectivity index (χ0n) is 29.1. The molecule has 0 bridgehead atoms. The van der Waals surface area contributed by atoms with Gasteiger partial charge in [0.25, 0.3) is 0 Å². The van der Waals surface area contributed by atoms with Crippen molar-refractivity contribution in [3.05, 3.63) is 142 Å². The fourth-order valence-corrected chi connectivity index (χ4v) is 5.84. The second-order valence-electron chi connectivity index (χ2n) is 12.2. The highest BCUT2D eigenvalue weighted by atomic mass is 19.4. The summed E-state index contributed by atoms with van der Waals surface area (Å²) in [7, 11) is 0. The van der Waals surface area contributed by atoms with Crippen LogP contribution in [0.25, 0.3) is 44.2 Å². The molecule has 0 amide bonds. The van der Waals surface area contributed by atoms with E-state index in [-0.39, 0.29) is 59.5 Å². The summed E-state index contributed by atoms with van der Waals surface area (Å²) in [5.74, 6) is -0.124. The minimum atomic E-state index is -4.68. The summed E-state index contributed by atoms with van der Waals surface area (Å²) in [6.07, 6.45) is -8.48. The molecule has 4 aromatic carbocycles. The molecule has 0 saturated heterocycles. The van der Waals surface area contributed by atoms with Crippen molar-refractivity contribution in [2.24, 2.45) is 0 Å². The lowest BCUT2D eigenvalue weighted by Gasteiger charge is -2.18. The number of alkyl halides is 6. The molecule has 0 aliphatic carbocycles. The van der Waals surface area contributed by atoms with Gasteiger partial charge in [0.15, 0.2) is 6.79 Å². The first kappa shape index (κ1) is 39.3. The van der Waals surface area contributed by atoms with Gasteiger partial charge in [0.05, 0.1) is 41.6 Å². The lowest BCUT2D eigenvalue weighted by molar-refractivity contribution is -0.156. The molecule has 6 aromatic rings. The number of fused-ring (bicyclic) bond motifs is 2. The van der Waals surface area contributed by atoms with Gasteiger partial charge in [-0.3, -0.25) is 0 Å². The predicted octanol–water partition coefficient (Wildman–Crippen LogP) is 9.58. The second-order valence-corrected chi connectivity index (χ2v) is 12.2. The molecular weight excluding hydrogens is 750 g/mol. The number of carbonyl (C=O) groups excluding carboxylic acids is 1. The average molecular weight is 781 g/mol. The summed E-state index contributed by atoms with van der Waals surface area (Å²) in [4.78, 5) is 37.1. The molecule has 0 atom stereocenters. The molecule has 290 valence electrons. The first-order valence-electron chi connectivity index (χ1n) is 16.9. The molecule has 9 nitrogen and oxygen atoms in total. The van der Waals surface area contributed by atoms with Crippen molar-refractivity contribution in [1.82, 2.24) is 0 Å². The molecule has 0 spiro atoms. The van der Waals surface area contributed by atoms with E-state index >= 15 is 0 Å². The van der Waals surface area contributed by atoms with Crippen molar-refractivity contribution in [2.75, 3.05) is 20.0 Å². The van der Waals surface area contributed by atoms with Crippen LogP contribution in [0.1, 0.15) is 24.0 Å². The van der Waals surface area contributed by atoms with Crippen LogP contribution in [-0.4, -0.2) is 32.1 Å². The Kier molecular flexibility index (Phi) is 11.6. The van der Waals surface area contributed by atoms with E-state index < -0.39 is 53.6 Å². The highest BCUT2D eigenvalue weighted by molar-refractivity contribution is 5.85. The van der Waals surface area contributed by atoms with Crippen LogP contribution in [0.4, 0.5) is 26.3 Å². The number of esters is 1. The van der Waals surface area contributed by atoms with Gasteiger partial charge >= 0.3 is 29.6 Å². The van der Waals surface area contributed by atoms with Gasteiger partial charge in [-0.2, -0.15) is 26.3 Å². The second kappa shape index (κ2) is 16.6. The van der Waals surface area contributed by atoms with Crippen LogP contribution >= 0.6 is 0 Å². The third-order valence-electron chi connectivity index (χ3n) is 8.55. The van der Waals surface area contributed by atoms with Gasteiger partial charge in [-0.1, -0.05) is 43.0 Å². The van der Waals surface area contributed by atoms with Crippen molar-refractivity contribution in [3.63, 3.8) is 0 Å². The smallest absolute Gasteiger partial charge is 0.417 e. The van der Waals surface area contributed by atoms with Gasteiger partial charge < -0.3 is 27.8 Å². The molecule has 2 heterocycles. The van der Waals surface area contributed by atoms with Gasteiger partial charge in [0.1, 0.15) is 22.7 Å². The largest absolute Gasteiger partial charge is 0.493 e. The van der Waals surface area contributed by atoms with Gasteiger partial charge in [0.2, 0.25) is 0 Å². The number of hydrogen-bond donors (Lipinski definition) is 0. The van der Waals surface area contributed by atoms with Gasteiger partial charge in [-0.25, -0.2) is 14.4 Å². The number of hydrogen-bond acceptors (Lipinski definition) is 9. The van der Waals surface area contributed by atoms with Crippen LogP contribution in [0.3, 0.4) is 0 Å². The first-order valence-corrected chi connectivity index (χ1v) is 16.9. The molecular formula is C41H30F6O9. The highest BCUT2D eigenvalue weighted by Crippen LogP contribution is 2.38. The predicted molar refractivity (Wildman–Crippen MR) is 192 cm³/mol. The summed E-state index contributed by atoms with van der Waals surface area (Å²) < 4.78 is 115. The van der Waals surface area contributed by atoms with Crippen LogP contribution in [0, 0.1) is 0 Å². The van der Waals surface area contributed by atoms with Gasteiger partial charge in [-0.05, 0) is 48.5 Å². The summed E-state index contributed by atoms with van der Waals surface area (Å²) in [5, 5.41) is 0.734. The van der Waals surface area contributed by atoms with Crippen molar-refractivity contribution in [2.45, 2.75) is 31.3 Å². The van der Waals surface area contributed by atoms with E-state index in [4.69, 9.17) is 27.8 Å². The minimum Gasteiger partial charge on any atom is -0.493 e. The fraction of sp³-hybridized carbons (Fsp3) is 0.195. The summed E-state index contributed by atoms with van der Waals surface area (Å²) in [6, 6.07) is 21.1. The average Bonchev–Trinajstić information content (AvgIpc) is 3.16. The van der Waals surface area contributed by atoms with Gasteiger partial charge in [0, 0.05) is 52.9 Å². The third kappa shape index (κ3) is 9.29. The van der Waals surface area contributed by atoms with E-state index in [1.54, 1.807) is 12.1 Å². The molecule has 6 rings (SSSR count). The molecule has 0 aliphatic heterocycles. The molecule has 0 saturated carbocycles. The minimum absolute atomic E-state index is 0.0633. The number of carbonyl (C=O) groups is 1. The van der Waals surface area contributed by atoms with Gasteiger partial charge in [-0.15, -0.1) is 0 Å². The van der Waals surface area contributed by atoms with E-state index in [1.807, 2.05) is 0 Å². The molecule has 56 heavy (non-hydrogen) atoms. The molecule has 0 unspecified atom stereocenters. The molecule has 15 heteroatoms. The number of rotatable bonds is 14. The fourth-order valence-electron chi connectivity index (χ4n) is 5.84. The Bertz CT molecular complexity index is 2340. The number of benzene rings is 4. The topological polar surface area (TPSA) is 114 Å². The Hall–Kier alpha value is -6.35. The Labute approximate surface area is 313 Å². The lowest BCUT2D eigenvalue weighted by atomic mass is 10.00. The lowest BCUT2D eigenvalue weighted by Crippen LogP contribution is -2.22. The summed E-state index contributed by atoms with van der Waals surface area (Å²) >= 11 is 0. The van der Waals surface area contributed by atoms with E-state index in [1.165, 1.54) is 72.8 Å². The Morgan fingerprint density at radius 1 is 0.643 bits per heavy atom. The molecule has 0 N–H and O–H groups in total. The molecule has 0 radical (unpaired) electrons. The zero-order valence-corrected chi connectivity index (χ0v) is 29.1. The molecule has 0 aliphatic rings. The summed E-state index contributed by atoms with van der Waals surface area (Å²) in [5.41, 5.74) is -4.77. The normalized spacial score (nSPS) is 11.9. The van der Waals surface area contributed by atoms with Crippen LogP contribution in [0.5, 0.6) is 11.5 Å². The molecule has 0 fully saturated rings. The van der Waals surface area contributed by atoms with E-state index in [2.05, 4.69) is 6.58 Å². The third-order valence-corrected chi connectivity index (χ3v) is 8.55. The van der Waals surface area contributed by atoms with Crippen molar-refractivity contribution in [3.8, 4) is 33.8 Å². The Morgan fingerprint density at radius 2 is 1.09 bits per heavy atom. The van der Waals surface area contributed by atoms with Crippen LogP contribution < -0.4 is 20.7 Å². The first-order chi connectivity index (χ1) is 26.7. The van der Waals surface area contributed by atoms with Crippen molar-refractivity contribution >= 4 is 27.9 Å². The van der Waals surface area contributed by atoms with E-state index in [9.17, 15) is 40.7 Å². The van der Waals surface area contributed by atoms with E-state index in [0.717, 1.165) is 18.2 Å². The number of halogens is 6. The maximum Gasteiger partial charge on any atom is 0.417 e. The SMILES string of the molecule is C=CC(=O)OCOC(CCOc1ccc2cc(-c3ccccc3C(F)(F)F)c(=O)oc2c1)CCOc1ccc2cc(-c3ccccc3C(F)(F)F)c(=O)oc2c1. The highest BCUT2D eigenvalue weighted by Gasteiger charge is 2.35. The van der Waals surface area contributed by atoms with Crippen molar-refractivity contribution in [1.29, 1.82) is 0 Å². The Morgan fingerprint density at radius 3 is 1.52 bits per heavy atom. The standard InChI is InChI=1S/C41H30F6O9/c1-2-37(48)54-23-53-26(15-17-51-27-13-11-24-19-31(38(49)55-35(24)21-27)29-7-3-5-9-33(29)40(42,43)44)16-18-52-28-14-12-25-20-32(39(50)56-36(25)22-28)30-8-4-6-10-34(30)41(45,46)47/h2-14,19-22,26H,1,15-18,23H2. The maximum absolute atomic E-state index is 13.6. The zero-order chi connectivity index (χ0) is 40.0. The van der Waals surface area contributed by atoms with Crippen LogP contribution in [0.2, 0.25) is 0 Å². The quantitative estimate of drug-likeness (QED) is 0.0351. The van der Waals surface area contributed by atoms with Crippen LogP contribution in [-0.2, 0) is 26.6 Å². The van der Waals surface area contributed by atoms with E-state index in [0.29, 0.717) is 22.3 Å². The summed E-state index contributed by atoms with van der Waals surface area (Å²) in [6.45, 7) is 3.05.